The topological polar surface area (TPSA) is 78.6 Å². The first kappa shape index (κ1) is 17.3. The number of nitrogens with zero attached hydrogens (tertiary/aromatic N) is 6. The molecule has 8 nitrogen and oxygen atoms in total. The van der Waals surface area contributed by atoms with Gasteiger partial charge in [-0.25, -0.2) is 4.98 Å². The van der Waals surface area contributed by atoms with Crippen LogP contribution in [0.15, 0.2) is 23.1 Å². The van der Waals surface area contributed by atoms with Gasteiger partial charge in [0, 0.05) is 57.7 Å². The second-order valence-electron chi connectivity index (χ2n) is 6.38. The van der Waals surface area contributed by atoms with E-state index in [1.54, 1.807) is 18.6 Å². The van der Waals surface area contributed by atoms with E-state index in [1.807, 2.05) is 30.7 Å². The molecule has 25 heavy (non-hydrogen) atoms. The lowest BCUT2D eigenvalue weighted by Crippen LogP contribution is -2.50. The highest BCUT2D eigenvalue weighted by atomic mass is 16.5. The Kier molecular flexibility index (Phi) is 5.28. The van der Waals surface area contributed by atoms with Gasteiger partial charge in [-0.05, 0) is 13.8 Å². The molecule has 3 rings (SSSR count). The molecule has 0 radical (unpaired) electrons. The van der Waals surface area contributed by atoms with Crippen molar-refractivity contribution in [2.45, 2.75) is 20.4 Å². The summed E-state index contributed by atoms with van der Waals surface area (Å²) in [4.78, 5) is 26.8. The van der Waals surface area contributed by atoms with Crippen LogP contribution in [-0.2, 0) is 11.3 Å². The molecule has 2 aromatic heterocycles. The van der Waals surface area contributed by atoms with Crippen LogP contribution in [0.2, 0.25) is 0 Å². The van der Waals surface area contributed by atoms with Crippen molar-refractivity contribution in [3.8, 4) is 0 Å². The zero-order chi connectivity index (χ0) is 17.8. The Morgan fingerprint density at radius 2 is 2.00 bits per heavy atom. The first-order valence-corrected chi connectivity index (χ1v) is 8.43. The molecule has 134 valence electrons. The Bertz CT molecular complexity index is 690. The molecule has 0 atom stereocenters. The van der Waals surface area contributed by atoms with Crippen LogP contribution in [-0.4, -0.2) is 70.6 Å². The molecule has 1 aliphatic rings. The van der Waals surface area contributed by atoms with E-state index in [4.69, 9.17) is 4.52 Å². The fourth-order valence-electron chi connectivity index (χ4n) is 2.98. The Hall–Kier alpha value is -2.48. The fraction of sp³-hybridized carbons (Fsp3) is 0.529. The lowest BCUT2D eigenvalue weighted by atomic mass is 10.2. The molecule has 0 unspecified atom stereocenters. The largest absolute Gasteiger partial charge is 0.361 e. The van der Waals surface area contributed by atoms with Crippen LogP contribution < -0.4 is 4.90 Å². The minimum Gasteiger partial charge on any atom is -0.361 e. The van der Waals surface area contributed by atoms with Crippen molar-refractivity contribution in [1.29, 1.82) is 0 Å². The third-order valence-electron chi connectivity index (χ3n) is 4.60. The number of aryl methyl sites for hydroxylation is 2. The molecule has 0 bridgehead atoms. The number of carbonyl (C=O) groups is 1. The molecule has 1 amide bonds. The molecule has 0 saturated carbocycles. The smallest absolute Gasteiger partial charge is 0.242 e. The van der Waals surface area contributed by atoms with Crippen molar-refractivity contribution < 1.29 is 9.32 Å². The average Bonchev–Trinajstić information content (AvgIpc) is 2.95. The first-order chi connectivity index (χ1) is 12.0. The monoisotopic (exact) mass is 344 g/mol. The number of hydrogen-bond donors (Lipinski definition) is 0. The average molecular weight is 344 g/mol. The van der Waals surface area contributed by atoms with Gasteiger partial charge in [0.25, 0.3) is 0 Å². The Labute approximate surface area is 147 Å². The van der Waals surface area contributed by atoms with Crippen LogP contribution in [0.1, 0.15) is 17.0 Å². The number of carbonyl (C=O) groups excluding carboxylic acids is 1. The molecule has 1 saturated heterocycles. The zero-order valence-electron chi connectivity index (χ0n) is 15.0. The summed E-state index contributed by atoms with van der Waals surface area (Å²) in [6.07, 6.45) is 4.91. The zero-order valence-corrected chi connectivity index (χ0v) is 15.0. The van der Waals surface area contributed by atoms with Gasteiger partial charge in [-0.15, -0.1) is 0 Å². The van der Waals surface area contributed by atoms with E-state index in [9.17, 15) is 4.79 Å². The van der Waals surface area contributed by atoms with Crippen LogP contribution in [0.5, 0.6) is 0 Å². The van der Waals surface area contributed by atoms with Gasteiger partial charge < -0.3 is 14.3 Å². The van der Waals surface area contributed by atoms with Crippen LogP contribution in [0.25, 0.3) is 0 Å². The summed E-state index contributed by atoms with van der Waals surface area (Å²) in [7, 11) is 1.86. The van der Waals surface area contributed by atoms with Crippen molar-refractivity contribution in [3.05, 3.63) is 35.6 Å². The first-order valence-electron chi connectivity index (χ1n) is 8.43. The van der Waals surface area contributed by atoms with E-state index >= 15 is 0 Å². The molecule has 8 heteroatoms. The second kappa shape index (κ2) is 7.60. The maximum absolute atomic E-state index is 12.5. The SMILES string of the molecule is Cc1noc(C)c1CN1CCN(C(=O)CN(C)c2cnccn2)CC1. The standard InChI is InChI=1S/C17H24N6O2/c1-13-15(14(2)25-20-13)11-22-6-8-23(9-7-22)17(24)12-21(3)16-10-18-4-5-19-16/h4-5,10H,6-9,11-12H2,1-3H3. The summed E-state index contributed by atoms with van der Waals surface area (Å²) in [5, 5.41) is 4.00. The van der Waals surface area contributed by atoms with E-state index in [-0.39, 0.29) is 5.91 Å². The normalized spacial score (nSPS) is 15.4. The molecule has 0 spiro atoms. The molecular weight excluding hydrogens is 320 g/mol. The number of amides is 1. The van der Waals surface area contributed by atoms with Gasteiger partial charge in [0.2, 0.25) is 5.91 Å². The summed E-state index contributed by atoms with van der Waals surface area (Å²) in [5.41, 5.74) is 2.10. The number of anilines is 1. The molecule has 0 N–H and O–H groups in total. The van der Waals surface area contributed by atoms with E-state index in [1.165, 1.54) is 0 Å². The fourth-order valence-corrected chi connectivity index (χ4v) is 2.98. The number of likely N-dealkylation sites (N-methyl/N-ethyl adjacent to an activating group) is 1. The third-order valence-corrected chi connectivity index (χ3v) is 4.60. The second-order valence-corrected chi connectivity index (χ2v) is 6.38. The van der Waals surface area contributed by atoms with Crippen LogP contribution >= 0.6 is 0 Å². The minimum absolute atomic E-state index is 0.116. The predicted molar refractivity (Wildman–Crippen MR) is 93.1 cm³/mol. The van der Waals surface area contributed by atoms with Gasteiger partial charge in [0.05, 0.1) is 18.4 Å². The van der Waals surface area contributed by atoms with Crippen molar-refractivity contribution >= 4 is 11.7 Å². The van der Waals surface area contributed by atoms with Gasteiger partial charge in [-0.2, -0.15) is 0 Å². The lowest BCUT2D eigenvalue weighted by molar-refractivity contribution is -0.131. The summed E-state index contributed by atoms with van der Waals surface area (Å²) in [6.45, 7) is 8.21. The number of hydrogen-bond acceptors (Lipinski definition) is 7. The Morgan fingerprint density at radius 1 is 1.24 bits per heavy atom. The van der Waals surface area contributed by atoms with Crippen molar-refractivity contribution in [2.24, 2.45) is 0 Å². The van der Waals surface area contributed by atoms with Gasteiger partial charge in [-0.1, -0.05) is 5.16 Å². The molecule has 1 aliphatic heterocycles. The van der Waals surface area contributed by atoms with Gasteiger partial charge in [0.1, 0.15) is 11.6 Å². The molecule has 2 aromatic rings. The van der Waals surface area contributed by atoms with Gasteiger partial charge >= 0.3 is 0 Å². The molecule has 0 aliphatic carbocycles. The number of rotatable bonds is 5. The van der Waals surface area contributed by atoms with E-state index < -0.39 is 0 Å². The summed E-state index contributed by atoms with van der Waals surface area (Å²) in [6, 6.07) is 0. The summed E-state index contributed by atoms with van der Waals surface area (Å²) in [5.74, 6) is 1.69. The highest BCUT2D eigenvalue weighted by Gasteiger charge is 2.23. The quantitative estimate of drug-likeness (QED) is 0.796. The van der Waals surface area contributed by atoms with Crippen LogP contribution in [0.4, 0.5) is 5.82 Å². The summed E-state index contributed by atoms with van der Waals surface area (Å²) >= 11 is 0. The maximum Gasteiger partial charge on any atom is 0.242 e. The number of aromatic nitrogens is 3. The summed E-state index contributed by atoms with van der Waals surface area (Å²) < 4.78 is 5.22. The van der Waals surface area contributed by atoms with Crippen molar-refractivity contribution in [2.75, 3.05) is 44.7 Å². The number of piperazine rings is 1. The minimum atomic E-state index is 0.116. The van der Waals surface area contributed by atoms with Crippen LogP contribution in [0, 0.1) is 13.8 Å². The third kappa shape index (κ3) is 4.14. The molecular formula is C17H24N6O2. The highest BCUT2D eigenvalue weighted by molar-refractivity contribution is 5.81. The van der Waals surface area contributed by atoms with E-state index in [0.29, 0.717) is 12.4 Å². The molecule has 1 fully saturated rings. The predicted octanol–water partition coefficient (Wildman–Crippen LogP) is 0.862. The van der Waals surface area contributed by atoms with Crippen molar-refractivity contribution in [1.82, 2.24) is 24.9 Å². The van der Waals surface area contributed by atoms with E-state index in [2.05, 4.69) is 20.0 Å². The molecule has 3 heterocycles. The Balaban J connectivity index is 1.49. The molecule has 0 aromatic carbocycles. The lowest BCUT2D eigenvalue weighted by Gasteiger charge is -2.35. The van der Waals surface area contributed by atoms with Gasteiger partial charge in [-0.3, -0.25) is 14.7 Å². The Morgan fingerprint density at radius 3 is 2.60 bits per heavy atom. The highest BCUT2D eigenvalue weighted by Crippen LogP contribution is 2.16. The maximum atomic E-state index is 12.5. The van der Waals surface area contributed by atoms with Gasteiger partial charge in [0.15, 0.2) is 0 Å². The van der Waals surface area contributed by atoms with E-state index in [0.717, 1.165) is 49.7 Å². The van der Waals surface area contributed by atoms with Crippen molar-refractivity contribution in [3.63, 3.8) is 0 Å². The van der Waals surface area contributed by atoms with Crippen LogP contribution in [0.3, 0.4) is 0 Å².